The molecule has 0 aliphatic carbocycles. The van der Waals surface area contributed by atoms with Gasteiger partial charge in [0.2, 0.25) is 0 Å². The van der Waals surface area contributed by atoms with Crippen molar-refractivity contribution in [1.82, 2.24) is 20.2 Å². The molecule has 0 unspecified atom stereocenters. The summed E-state index contributed by atoms with van der Waals surface area (Å²) in [5, 5.41) is 2.99. The molecule has 6 heteroatoms. The van der Waals surface area contributed by atoms with Crippen LogP contribution in [0.15, 0.2) is 41.0 Å². The molecule has 0 radical (unpaired) electrons. The van der Waals surface area contributed by atoms with Crippen LogP contribution >= 0.6 is 0 Å². The number of aryl methyl sites for hydroxylation is 1. The fourth-order valence-electron chi connectivity index (χ4n) is 2.59. The maximum absolute atomic E-state index is 12.5. The second-order valence-electron chi connectivity index (χ2n) is 5.85. The van der Waals surface area contributed by atoms with E-state index in [0.717, 1.165) is 28.2 Å². The molecule has 0 saturated carbocycles. The number of nitrogens with one attached hydrogen (secondary N) is 2. The molecule has 2 aromatic heterocycles. The second-order valence-corrected chi connectivity index (χ2v) is 5.85. The summed E-state index contributed by atoms with van der Waals surface area (Å²) in [7, 11) is 0. The topological polar surface area (TPSA) is 74.2 Å². The Hall–Kier alpha value is -2.76. The maximum atomic E-state index is 12.5. The number of fused-ring (bicyclic) bond motifs is 1. The minimum atomic E-state index is -0.211. The normalized spacial score (nSPS) is 12.3. The summed E-state index contributed by atoms with van der Waals surface area (Å²) in [6.07, 6.45) is 1.65. The highest BCUT2D eigenvalue weighted by Gasteiger charge is 2.19. The van der Waals surface area contributed by atoms with Gasteiger partial charge in [0, 0.05) is 6.54 Å². The molecule has 0 bridgehead atoms. The number of aromatic nitrogens is 2. The van der Waals surface area contributed by atoms with Crippen LogP contribution in [0.2, 0.25) is 0 Å². The Morgan fingerprint density at radius 1 is 1.38 bits per heavy atom. The number of carbonyl (C=O) groups excluding carboxylic acids is 1. The summed E-state index contributed by atoms with van der Waals surface area (Å²) in [6, 6.07) is 9.37. The van der Waals surface area contributed by atoms with Gasteiger partial charge in [0.05, 0.1) is 29.9 Å². The zero-order valence-electron chi connectivity index (χ0n) is 14.2. The molecule has 1 atom stereocenters. The number of aromatic amines is 1. The van der Waals surface area contributed by atoms with E-state index < -0.39 is 0 Å². The summed E-state index contributed by atoms with van der Waals surface area (Å²) in [5.41, 5.74) is 2.91. The smallest absolute Gasteiger partial charge is 0.318 e. The highest BCUT2D eigenvalue weighted by atomic mass is 16.3. The number of para-hydroxylation sites is 2. The second kappa shape index (κ2) is 6.78. The number of rotatable bonds is 5. The largest absolute Gasteiger partial charge is 0.467 e. The molecular weight excluding hydrogens is 304 g/mol. The summed E-state index contributed by atoms with van der Waals surface area (Å²) in [4.78, 5) is 22.0. The third kappa shape index (κ3) is 3.27. The molecule has 2 amide bonds. The lowest BCUT2D eigenvalue weighted by Gasteiger charge is -2.22. The van der Waals surface area contributed by atoms with Gasteiger partial charge in [-0.2, -0.15) is 0 Å². The van der Waals surface area contributed by atoms with Crippen LogP contribution in [0.25, 0.3) is 11.0 Å². The van der Waals surface area contributed by atoms with Crippen molar-refractivity contribution in [2.75, 3.05) is 6.54 Å². The molecule has 24 heavy (non-hydrogen) atoms. The number of carbonyl (C=O) groups is 1. The summed E-state index contributed by atoms with van der Waals surface area (Å²) in [5.74, 6) is 1.55. The lowest BCUT2D eigenvalue weighted by molar-refractivity contribution is 0.189. The zero-order valence-corrected chi connectivity index (χ0v) is 14.2. The van der Waals surface area contributed by atoms with E-state index in [1.165, 1.54) is 0 Å². The first-order valence-electron chi connectivity index (χ1n) is 8.11. The number of furan rings is 1. The van der Waals surface area contributed by atoms with E-state index in [4.69, 9.17) is 4.42 Å². The molecule has 0 aliphatic heterocycles. The maximum Gasteiger partial charge on any atom is 0.318 e. The van der Waals surface area contributed by atoms with Gasteiger partial charge >= 0.3 is 6.03 Å². The fraction of sp³-hybridized carbons (Fsp3) is 0.333. The number of amides is 2. The molecule has 0 fully saturated rings. The van der Waals surface area contributed by atoms with Gasteiger partial charge in [-0.3, -0.25) is 0 Å². The summed E-state index contributed by atoms with van der Waals surface area (Å²) >= 11 is 0. The Morgan fingerprint density at radius 2 is 2.17 bits per heavy atom. The van der Waals surface area contributed by atoms with E-state index in [9.17, 15) is 4.79 Å². The van der Waals surface area contributed by atoms with Gasteiger partial charge in [0.15, 0.2) is 0 Å². The van der Waals surface area contributed by atoms with Crippen molar-refractivity contribution in [1.29, 1.82) is 0 Å². The van der Waals surface area contributed by atoms with E-state index in [-0.39, 0.29) is 12.1 Å². The number of imidazole rings is 1. The van der Waals surface area contributed by atoms with Crippen LogP contribution < -0.4 is 5.32 Å². The Bertz CT molecular complexity index is 803. The molecule has 3 aromatic rings. The summed E-state index contributed by atoms with van der Waals surface area (Å²) < 4.78 is 5.44. The molecule has 2 N–H and O–H groups in total. The van der Waals surface area contributed by atoms with E-state index in [2.05, 4.69) is 15.3 Å². The third-order valence-electron chi connectivity index (χ3n) is 4.13. The quantitative estimate of drug-likeness (QED) is 0.750. The van der Waals surface area contributed by atoms with Crippen molar-refractivity contribution in [3.8, 4) is 0 Å². The minimum Gasteiger partial charge on any atom is -0.467 e. The SMILES string of the molecule is CCN(Cc1occc1C)C(=O)N[C@@H](C)c1nc2ccccc2[nH]1. The number of hydrogen-bond acceptors (Lipinski definition) is 3. The van der Waals surface area contributed by atoms with Gasteiger partial charge in [-0.15, -0.1) is 0 Å². The Morgan fingerprint density at radius 3 is 2.83 bits per heavy atom. The number of urea groups is 1. The van der Waals surface area contributed by atoms with Crippen LogP contribution in [-0.2, 0) is 6.54 Å². The first kappa shape index (κ1) is 16.1. The highest BCUT2D eigenvalue weighted by molar-refractivity contribution is 5.76. The van der Waals surface area contributed by atoms with Crippen molar-refractivity contribution >= 4 is 17.1 Å². The van der Waals surface area contributed by atoms with Crippen molar-refractivity contribution in [2.45, 2.75) is 33.4 Å². The Kier molecular flexibility index (Phi) is 4.55. The molecule has 1 aromatic carbocycles. The first-order valence-corrected chi connectivity index (χ1v) is 8.11. The Labute approximate surface area is 140 Å². The van der Waals surface area contributed by atoms with Crippen molar-refractivity contribution in [2.24, 2.45) is 0 Å². The number of H-pyrrole nitrogens is 1. The van der Waals surface area contributed by atoms with Gasteiger partial charge in [-0.25, -0.2) is 9.78 Å². The van der Waals surface area contributed by atoms with Gasteiger partial charge < -0.3 is 19.6 Å². The zero-order chi connectivity index (χ0) is 17.1. The molecule has 0 aliphatic rings. The summed E-state index contributed by atoms with van der Waals surface area (Å²) in [6.45, 7) is 6.89. The minimum absolute atomic E-state index is 0.138. The lowest BCUT2D eigenvalue weighted by Crippen LogP contribution is -2.40. The predicted molar refractivity (Wildman–Crippen MR) is 92.6 cm³/mol. The van der Waals surface area contributed by atoms with E-state index in [1.54, 1.807) is 11.2 Å². The van der Waals surface area contributed by atoms with E-state index in [1.807, 2.05) is 51.1 Å². The third-order valence-corrected chi connectivity index (χ3v) is 4.13. The monoisotopic (exact) mass is 326 g/mol. The lowest BCUT2D eigenvalue weighted by atomic mass is 10.2. The van der Waals surface area contributed by atoms with E-state index in [0.29, 0.717) is 13.1 Å². The average molecular weight is 326 g/mol. The van der Waals surface area contributed by atoms with Crippen LogP contribution in [0.1, 0.15) is 37.0 Å². The van der Waals surface area contributed by atoms with Crippen molar-refractivity contribution < 1.29 is 9.21 Å². The molecule has 2 heterocycles. The highest BCUT2D eigenvalue weighted by Crippen LogP contribution is 2.16. The van der Waals surface area contributed by atoms with Gasteiger partial charge in [0.1, 0.15) is 11.6 Å². The molecule has 3 rings (SSSR count). The number of nitrogens with zero attached hydrogens (tertiary/aromatic N) is 2. The van der Waals surface area contributed by atoms with E-state index >= 15 is 0 Å². The van der Waals surface area contributed by atoms with Gasteiger partial charge in [-0.1, -0.05) is 12.1 Å². The predicted octanol–water partition coefficient (Wildman–Crippen LogP) is 3.76. The standard InChI is InChI=1S/C18H22N4O2/c1-4-22(11-16-12(2)9-10-24-16)18(23)19-13(3)17-20-14-7-5-6-8-15(14)21-17/h5-10,13H,4,11H2,1-3H3,(H,19,23)(H,20,21)/t13-/m0/s1. The number of hydrogen-bond donors (Lipinski definition) is 2. The van der Waals surface area contributed by atoms with Crippen LogP contribution in [0.5, 0.6) is 0 Å². The van der Waals surface area contributed by atoms with Crippen molar-refractivity contribution in [3.63, 3.8) is 0 Å². The molecule has 126 valence electrons. The van der Waals surface area contributed by atoms with Gasteiger partial charge in [0.25, 0.3) is 0 Å². The molecule has 0 saturated heterocycles. The first-order chi connectivity index (χ1) is 11.6. The number of benzene rings is 1. The Balaban J connectivity index is 1.68. The molecule has 6 nitrogen and oxygen atoms in total. The van der Waals surface area contributed by atoms with Crippen LogP contribution in [0.4, 0.5) is 4.79 Å². The van der Waals surface area contributed by atoms with Crippen molar-refractivity contribution in [3.05, 3.63) is 53.7 Å². The molecular formula is C18H22N4O2. The van der Waals surface area contributed by atoms with Crippen LogP contribution in [-0.4, -0.2) is 27.4 Å². The van der Waals surface area contributed by atoms with Crippen LogP contribution in [0.3, 0.4) is 0 Å². The van der Waals surface area contributed by atoms with Gasteiger partial charge in [-0.05, 0) is 44.5 Å². The fourth-order valence-corrected chi connectivity index (χ4v) is 2.59. The average Bonchev–Trinajstić information content (AvgIpc) is 3.18. The van der Waals surface area contributed by atoms with Crippen LogP contribution in [0, 0.1) is 6.92 Å². The molecule has 0 spiro atoms.